The molecule has 112 valence electrons. The molecule has 1 heterocycles. The van der Waals surface area contributed by atoms with Gasteiger partial charge in [-0.25, -0.2) is 9.48 Å². The summed E-state index contributed by atoms with van der Waals surface area (Å²) in [5.41, 5.74) is 0.0289. The maximum Gasteiger partial charge on any atom is 0.435 e. The number of nitrogens with zero attached hydrogens (tertiary/aromatic N) is 3. The van der Waals surface area contributed by atoms with E-state index in [0.717, 1.165) is 17.3 Å². The molecule has 21 heavy (non-hydrogen) atoms. The van der Waals surface area contributed by atoms with Crippen molar-refractivity contribution < 1.29 is 23.1 Å². The molecule has 8 heteroatoms. The number of amides is 1. The maximum atomic E-state index is 12.8. The zero-order valence-corrected chi connectivity index (χ0v) is 11.2. The fourth-order valence-corrected chi connectivity index (χ4v) is 1.80. The Hall–Kier alpha value is -2.51. The molecule has 1 aromatic carbocycles. The first-order chi connectivity index (χ1) is 9.70. The van der Waals surface area contributed by atoms with Gasteiger partial charge in [0.1, 0.15) is 5.82 Å². The zero-order chi connectivity index (χ0) is 15.8. The van der Waals surface area contributed by atoms with Crippen molar-refractivity contribution in [1.29, 1.82) is 0 Å². The van der Waals surface area contributed by atoms with Gasteiger partial charge in [0.15, 0.2) is 5.69 Å². The summed E-state index contributed by atoms with van der Waals surface area (Å²) in [4.78, 5) is 11.7. The number of halogens is 3. The van der Waals surface area contributed by atoms with Gasteiger partial charge >= 0.3 is 12.3 Å². The smallest absolute Gasteiger partial charge is 0.435 e. The molecule has 0 saturated heterocycles. The number of benzene rings is 1. The fourth-order valence-electron chi connectivity index (χ4n) is 1.80. The number of hydrogen-bond acceptors (Lipinski definition) is 2. The summed E-state index contributed by atoms with van der Waals surface area (Å²) in [5, 5.41) is 12.5. The second-order valence-electron chi connectivity index (χ2n) is 4.48. The van der Waals surface area contributed by atoms with Crippen molar-refractivity contribution in [2.24, 2.45) is 0 Å². The molecule has 2 aromatic rings. The van der Waals surface area contributed by atoms with Crippen LogP contribution in [0.1, 0.15) is 11.3 Å². The van der Waals surface area contributed by atoms with E-state index in [1.54, 1.807) is 31.2 Å². The van der Waals surface area contributed by atoms with Crippen molar-refractivity contribution in [2.45, 2.75) is 13.1 Å². The Labute approximate surface area is 118 Å². The molecular weight excluding hydrogens is 287 g/mol. The van der Waals surface area contributed by atoms with Crippen LogP contribution < -0.4 is 4.90 Å². The highest BCUT2D eigenvalue weighted by molar-refractivity contribution is 5.84. The highest BCUT2D eigenvalue weighted by atomic mass is 19.4. The molecule has 0 aliphatic rings. The zero-order valence-electron chi connectivity index (χ0n) is 11.2. The van der Waals surface area contributed by atoms with Crippen LogP contribution in [0.3, 0.4) is 0 Å². The van der Waals surface area contributed by atoms with E-state index < -0.39 is 18.0 Å². The molecule has 0 bridgehead atoms. The minimum Gasteiger partial charge on any atom is -0.465 e. The van der Waals surface area contributed by atoms with Crippen LogP contribution in [0.5, 0.6) is 0 Å². The van der Waals surface area contributed by atoms with E-state index >= 15 is 0 Å². The van der Waals surface area contributed by atoms with Gasteiger partial charge in [0.25, 0.3) is 0 Å². The van der Waals surface area contributed by atoms with Gasteiger partial charge < -0.3 is 5.11 Å². The Morgan fingerprint density at radius 1 is 1.33 bits per heavy atom. The lowest BCUT2D eigenvalue weighted by atomic mass is 10.2. The van der Waals surface area contributed by atoms with E-state index in [9.17, 15) is 18.0 Å². The Kier molecular flexibility index (Phi) is 3.63. The van der Waals surface area contributed by atoms with Crippen LogP contribution in [0, 0.1) is 6.92 Å². The van der Waals surface area contributed by atoms with Crippen LogP contribution in [0.4, 0.5) is 23.8 Å². The van der Waals surface area contributed by atoms with Gasteiger partial charge in [-0.05, 0) is 24.6 Å². The Morgan fingerprint density at radius 2 is 2.00 bits per heavy atom. The lowest BCUT2D eigenvalue weighted by Crippen LogP contribution is -2.26. The SMILES string of the molecule is Cc1cccc(-n2nc(C(F)(F)F)cc2N(C)C(=O)O)c1. The summed E-state index contributed by atoms with van der Waals surface area (Å²) in [7, 11) is 1.16. The fraction of sp³-hybridized carbons (Fsp3) is 0.231. The van der Waals surface area contributed by atoms with E-state index in [1.807, 2.05) is 0 Å². The molecule has 0 radical (unpaired) electrons. The van der Waals surface area contributed by atoms with Gasteiger partial charge in [-0.3, -0.25) is 4.90 Å². The van der Waals surface area contributed by atoms with Gasteiger partial charge in [-0.2, -0.15) is 18.3 Å². The molecule has 0 saturated carbocycles. The van der Waals surface area contributed by atoms with Crippen molar-refractivity contribution >= 4 is 11.9 Å². The number of rotatable bonds is 2. The minimum absolute atomic E-state index is 0.180. The van der Waals surface area contributed by atoms with Crippen molar-refractivity contribution in [1.82, 2.24) is 9.78 Å². The van der Waals surface area contributed by atoms with Crippen LogP contribution in [0.2, 0.25) is 0 Å². The van der Waals surface area contributed by atoms with Gasteiger partial charge in [-0.1, -0.05) is 12.1 Å². The lowest BCUT2D eigenvalue weighted by molar-refractivity contribution is -0.141. The summed E-state index contributed by atoms with van der Waals surface area (Å²) >= 11 is 0. The molecule has 0 aliphatic carbocycles. The normalized spacial score (nSPS) is 11.5. The second kappa shape index (κ2) is 5.12. The van der Waals surface area contributed by atoms with Gasteiger partial charge in [-0.15, -0.1) is 0 Å². The number of aromatic nitrogens is 2. The molecule has 2 rings (SSSR count). The second-order valence-corrected chi connectivity index (χ2v) is 4.48. The summed E-state index contributed by atoms with van der Waals surface area (Å²) < 4.78 is 39.4. The van der Waals surface area contributed by atoms with Crippen LogP contribution in [-0.4, -0.2) is 28.0 Å². The first kappa shape index (κ1) is 14.9. The maximum absolute atomic E-state index is 12.8. The predicted octanol–water partition coefficient (Wildman–Crippen LogP) is 3.31. The molecule has 0 unspecified atom stereocenters. The van der Waals surface area contributed by atoms with E-state index in [2.05, 4.69) is 5.10 Å². The van der Waals surface area contributed by atoms with Crippen molar-refractivity contribution in [3.8, 4) is 5.69 Å². The monoisotopic (exact) mass is 299 g/mol. The molecule has 5 nitrogen and oxygen atoms in total. The molecule has 0 atom stereocenters. The van der Waals surface area contributed by atoms with Crippen LogP contribution in [0.25, 0.3) is 5.69 Å². The van der Waals surface area contributed by atoms with Crippen molar-refractivity contribution in [3.05, 3.63) is 41.6 Å². The third-order valence-electron chi connectivity index (χ3n) is 2.86. The van der Waals surface area contributed by atoms with Crippen LogP contribution in [0.15, 0.2) is 30.3 Å². The van der Waals surface area contributed by atoms with Gasteiger partial charge in [0.05, 0.1) is 5.69 Å². The average Bonchev–Trinajstić information content (AvgIpc) is 2.82. The predicted molar refractivity (Wildman–Crippen MR) is 69.7 cm³/mol. The van der Waals surface area contributed by atoms with Gasteiger partial charge in [0.2, 0.25) is 0 Å². The lowest BCUT2D eigenvalue weighted by Gasteiger charge is -2.15. The summed E-state index contributed by atoms with van der Waals surface area (Å²) in [5.74, 6) is -0.180. The molecule has 0 fully saturated rings. The number of aryl methyl sites for hydroxylation is 1. The standard InChI is InChI=1S/C13H12F3N3O2/c1-8-4-3-5-9(6-8)19-11(18(2)12(20)21)7-10(17-19)13(14,15)16/h3-7H,1-2H3,(H,20,21). The number of anilines is 1. The molecule has 1 aromatic heterocycles. The third-order valence-corrected chi connectivity index (χ3v) is 2.86. The number of hydrogen-bond donors (Lipinski definition) is 1. The Morgan fingerprint density at radius 3 is 2.52 bits per heavy atom. The largest absolute Gasteiger partial charge is 0.465 e. The average molecular weight is 299 g/mol. The Bertz CT molecular complexity index is 680. The van der Waals surface area contributed by atoms with Crippen molar-refractivity contribution in [3.63, 3.8) is 0 Å². The highest BCUT2D eigenvalue weighted by Crippen LogP contribution is 2.32. The van der Waals surface area contributed by atoms with Crippen LogP contribution >= 0.6 is 0 Å². The van der Waals surface area contributed by atoms with Crippen LogP contribution in [-0.2, 0) is 6.18 Å². The first-order valence-electron chi connectivity index (χ1n) is 5.91. The highest BCUT2D eigenvalue weighted by Gasteiger charge is 2.36. The molecule has 1 N–H and O–H groups in total. The van der Waals surface area contributed by atoms with Crippen molar-refractivity contribution in [2.75, 3.05) is 11.9 Å². The number of carboxylic acid groups (broad SMARTS) is 1. The third kappa shape index (κ3) is 2.99. The van der Waals surface area contributed by atoms with E-state index in [-0.39, 0.29) is 5.82 Å². The Balaban J connectivity index is 2.63. The topological polar surface area (TPSA) is 58.4 Å². The summed E-state index contributed by atoms with van der Waals surface area (Å²) in [6.07, 6.45) is -6.03. The number of alkyl halides is 3. The summed E-state index contributed by atoms with van der Waals surface area (Å²) in [6, 6.07) is 7.31. The first-order valence-corrected chi connectivity index (χ1v) is 5.91. The van der Waals surface area contributed by atoms with E-state index in [1.165, 1.54) is 0 Å². The minimum atomic E-state index is -4.65. The number of carbonyl (C=O) groups is 1. The quantitative estimate of drug-likeness (QED) is 0.925. The molecule has 1 amide bonds. The van der Waals surface area contributed by atoms with Gasteiger partial charge in [0, 0.05) is 13.1 Å². The van der Waals surface area contributed by atoms with E-state index in [0.29, 0.717) is 16.7 Å². The molecule has 0 aliphatic heterocycles. The van der Waals surface area contributed by atoms with E-state index in [4.69, 9.17) is 5.11 Å². The molecular formula is C13H12F3N3O2. The summed E-state index contributed by atoms with van der Waals surface area (Å²) in [6.45, 7) is 1.78. The molecule has 0 spiro atoms.